The number of aryl methyl sites for hydroxylation is 1. The van der Waals surface area contributed by atoms with Crippen LogP contribution in [0.3, 0.4) is 0 Å². The van der Waals surface area contributed by atoms with Gasteiger partial charge < -0.3 is 36.3 Å². The first kappa shape index (κ1) is 48.8. The number of carbonyl (C=O) groups excluding carboxylic acids is 2. The van der Waals surface area contributed by atoms with E-state index in [4.69, 9.17) is 39.4 Å². The van der Waals surface area contributed by atoms with E-state index in [0.29, 0.717) is 22.1 Å². The van der Waals surface area contributed by atoms with Crippen LogP contribution in [0.25, 0.3) is 22.1 Å². The number of amides is 1. The topological polar surface area (TPSA) is 297 Å². The van der Waals surface area contributed by atoms with Crippen LogP contribution in [0.1, 0.15) is 75.2 Å². The van der Waals surface area contributed by atoms with Gasteiger partial charge in [-0.15, -0.1) is 0 Å². The van der Waals surface area contributed by atoms with Crippen LogP contribution >= 0.6 is 0 Å². The predicted octanol–water partition coefficient (Wildman–Crippen LogP) is 5.25. The van der Waals surface area contributed by atoms with E-state index in [2.05, 4.69) is 34.9 Å². The molecule has 0 aliphatic rings. The Morgan fingerprint density at radius 1 is 0.807 bits per heavy atom. The summed E-state index contributed by atoms with van der Waals surface area (Å²) in [5.74, 6) is -1.37. The minimum Gasteiger partial charge on any atom is -0.476 e. The van der Waals surface area contributed by atoms with E-state index in [1.54, 1.807) is 81.6 Å². The Balaban J connectivity index is 0.000000411. The number of ether oxygens (including phenoxy) is 1. The monoisotopic (exact) mass is 824 g/mol. The Kier molecular flexibility index (Phi) is 17.6. The SMILES string of the molecule is C/C(=C\C(=O)NC(C)(C)C)OC(=O)c1nc2ccccc2nc1N.CC(C)(C)O.Cc1ccno1.Nc1nc2ccccc2nc1C(=O)O.O=S(=O)(O)C(F)(F)F. The Morgan fingerprint density at radius 2 is 1.19 bits per heavy atom. The van der Waals surface area contributed by atoms with Crippen molar-refractivity contribution in [2.45, 2.75) is 72.0 Å². The molecule has 0 unspecified atom stereocenters. The summed E-state index contributed by atoms with van der Waals surface area (Å²) in [7, 11) is -5.84. The van der Waals surface area contributed by atoms with E-state index < -0.39 is 33.2 Å². The number of aromatic nitrogens is 5. The number of nitrogens with two attached hydrogens (primary N) is 2. The van der Waals surface area contributed by atoms with Crippen LogP contribution < -0.4 is 16.8 Å². The fourth-order valence-corrected chi connectivity index (χ4v) is 3.43. The van der Waals surface area contributed by atoms with Gasteiger partial charge in [0.25, 0.3) is 0 Å². The highest BCUT2D eigenvalue weighted by molar-refractivity contribution is 7.86. The zero-order chi connectivity index (χ0) is 43.9. The number of para-hydroxylation sites is 4. The fraction of sp³-hybridized carbons (Fsp3) is 0.314. The smallest absolute Gasteiger partial charge is 0.476 e. The number of fused-ring (bicyclic) bond motifs is 2. The molecule has 3 heterocycles. The van der Waals surface area contributed by atoms with Crippen LogP contribution in [0.5, 0.6) is 0 Å². The highest BCUT2D eigenvalue weighted by Crippen LogP contribution is 2.21. The molecule has 1 amide bonds. The largest absolute Gasteiger partial charge is 0.522 e. The first-order valence-corrected chi connectivity index (χ1v) is 17.6. The molecule has 0 saturated carbocycles. The molecule has 22 heteroatoms. The first-order chi connectivity index (χ1) is 26.0. The third kappa shape index (κ3) is 19.2. The minimum absolute atomic E-state index is 0.0226. The van der Waals surface area contributed by atoms with Gasteiger partial charge >= 0.3 is 27.6 Å². The molecule has 310 valence electrons. The van der Waals surface area contributed by atoms with E-state index in [9.17, 15) is 27.6 Å². The number of carbonyl (C=O) groups is 3. The molecule has 0 aliphatic carbocycles. The number of hydrogen-bond acceptors (Lipinski definition) is 15. The summed E-state index contributed by atoms with van der Waals surface area (Å²) in [4.78, 5) is 50.8. The number of nitrogens with one attached hydrogen (secondary N) is 1. The van der Waals surface area contributed by atoms with Crippen LogP contribution in [-0.4, -0.2) is 82.8 Å². The molecule has 0 saturated heterocycles. The van der Waals surface area contributed by atoms with Crippen LogP contribution in [0.4, 0.5) is 24.8 Å². The lowest BCUT2D eigenvalue weighted by molar-refractivity contribution is -0.118. The number of carboxylic acids is 1. The van der Waals surface area contributed by atoms with Crippen molar-refractivity contribution in [1.29, 1.82) is 0 Å². The third-order valence-corrected chi connectivity index (χ3v) is 6.12. The van der Waals surface area contributed by atoms with Gasteiger partial charge in [0.05, 0.1) is 33.9 Å². The van der Waals surface area contributed by atoms with Gasteiger partial charge in [0, 0.05) is 17.7 Å². The van der Waals surface area contributed by atoms with E-state index in [-0.39, 0.29) is 40.2 Å². The first-order valence-electron chi connectivity index (χ1n) is 16.1. The maximum absolute atomic E-state index is 12.2. The molecule has 18 nitrogen and oxygen atoms in total. The number of esters is 1. The van der Waals surface area contributed by atoms with Crippen LogP contribution in [-0.2, 0) is 19.6 Å². The molecule has 0 radical (unpaired) electrons. The third-order valence-electron chi connectivity index (χ3n) is 5.54. The highest BCUT2D eigenvalue weighted by Gasteiger charge is 2.44. The normalized spacial score (nSPS) is 11.6. The summed E-state index contributed by atoms with van der Waals surface area (Å²) in [6, 6.07) is 15.8. The van der Waals surface area contributed by atoms with Gasteiger partial charge in [-0.25, -0.2) is 29.5 Å². The van der Waals surface area contributed by atoms with E-state index in [0.717, 1.165) is 5.76 Å². The quantitative estimate of drug-likeness (QED) is 0.0443. The lowest BCUT2D eigenvalue weighted by Crippen LogP contribution is -2.39. The molecule has 3 aromatic heterocycles. The maximum atomic E-state index is 12.2. The summed E-state index contributed by atoms with van der Waals surface area (Å²) in [6.07, 6.45) is 2.82. The van der Waals surface area contributed by atoms with Crippen LogP contribution in [0, 0.1) is 6.92 Å². The molecule has 5 aromatic rings. The summed E-state index contributed by atoms with van der Waals surface area (Å²) in [6.45, 7) is 14.1. The number of carboxylic acid groups (broad SMARTS) is 1. The predicted molar refractivity (Wildman–Crippen MR) is 203 cm³/mol. The number of hydrogen-bond donors (Lipinski definition) is 6. The average molecular weight is 825 g/mol. The Bertz CT molecular complexity index is 2270. The number of alkyl halides is 3. The second-order valence-corrected chi connectivity index (χ2v) is 14.7. The summed E-state index contributed by atoms with van der Waals surface area (Å²) >= 11 is 0. The van der Waals surface area contributed by atoms with Crippen molar-refractivity contribution < 1.29 is 60.0 Å². The second-order valence-electron chi connectivity index (χ2n) is 13.3. The summed E-state index contributed by atoms with van der Waals surface area (Å²) in [5, 5.41) is 23.4. The van der Waals surface area contributed by atoms with Gasteiger partial charge in [-0.1, -0.05) is 29.4 Å². The van der Waals surface area contributed by atoms with Crippen molar-refractivity contribution in [2.75, 3.05) is 11.5 Å². The molecular formula is C35H43F3N8O10S. The zero-order valence-electron chi connectivity index (χ0n) is 32.0. The van der Waals surface area contributed by atoms with Crippen LogP contribution in [0.2, 0.25) is 0 Å². The Hall–Kier alpha value is -6.26. The Morgan fingerprint density at radius 3 is 1.51 bits per heavy atom. The second kappa shape index (κ2) is 20.6. The number of allylic oxidation sites excluding steroid dienone is 1. The number of anilines is 2. The van der Waals surface area contributed by atoms with Gasteiger partial charge in [-0.2, -0.15) is 21.6 Å². The number of nitrogen functional groups attached to an aromatic ring is 2. The van der Waals surface area contributed by atoms with Gasteiger partial charge in [0.1, 0.15) is 11.5 Å². The lowest BCUT2D eigenvalue weighted by atomic mass is 10.1. The lowest BCUT2D eigenvalue weighted by Gasteiger charge is -2.19. The molecule has 5 rings (SSSR count). The molecule has 8 N–H and O–H groups in total. The van der Waals surface area contributed by atoms with Crippen molar-refractivity contribution in [1.82, 2.24) is 30.4 Å². The average Bonchev–Trinajstić information content (AvgIpc) is 3.53. The standard InChI is InChI=1S/C17H20N4O3.C9H7N3O2.C4H5NO.C4H10O.CHF3O3S/c1-10(9-13(22)21-17(2,3)4)24-16(23)14-15(18)20-12-8-6-5-7-11(12)19-14;10-8-7(9(13)14)11-5-3-1-2-4-6(5)12-8;1-4-2-3-5-6-4;1-4(2,3)5;2-1(3,4)8(5,6)7/h5-9H,1-4H3,(H2,18,20)(H,21,22);1-4H,(H2,10,12)(H,13,14);2-3H,1H3;5H,1-3H3;(H,5,6,7)/b10-9+;;;;. The van der Waals surface area contributed by atoms with Gasteiger partial charge in [0.2, 0.25) is 5.91 Å². The van der Waals surface area contributed by atoms with Crippen LogP contribution in [0.15, 0.2) is 77.2 Å². The number of aliphatic hydroxyl groups is 1. The van der Waals surface area contributed by atoms with Crippen molar-refractivity contribution in [2.24, 2.45) is 0 Å². The number of rotatable bonds is 4. The zero-order valence-corrected chi connectivity index (χ0v) is 32.8. The van der Waals surface area contributed by atoms with Gasteiger partial charge in [-0.05, 0) is 79.7 Å². The molecule has 57 heavy (non-hydrogen) atoms. The minimum atomic E-state index is -5.84. The summed E-state index contributed by atoms with van der Waals surface area (Å²) < 4.78 is 67.3. The van der Waals surface area contributed by atoms with Crippen molar-refractivity contribution >= 4 is 61.7 Å². The highest BCUT2D eigenvalue weighted by atomic mass is 32.2. The number of benzene rings is 2. The number of aromatic carboxylic acids is 1. The molecule has 0 fully saturated rings. The maximum Gasteiger partial charge on any atom is 0.522 e. The Labute approximate surface area is 324 Å². The molecule has 0 atom stereocenters. The summed E-state index contributed by atoms with van der Waals surface area (Å²) in [5.41, 5.74) is 6.74. The fourth-order valence-electron chi connectivity index (χ4n) is 3.43. The van der Waals surface area contributed by atoms with Crippen molar-refractivity contribution in [3.05, 3.63) is 89.8 Å². The molecule has 0 bridgehead atoms. The molecule has 0 spiro atoms. The number of nitrogens with zero attached hydrogens (tertiary/aromatic N) is 5. The van der Waals surface area contributed by atoms with Gasteiger partial charge in [-0.3, -0.25) is 9.35 Å². The van der Waals surface area contributed by atoms with E-state index >= 15 is 0 Å². The molecule has 2 aromatic carbocycles. The molecular weight excluding hydrogens is 781 g/mol. The van der Waals surface area contributed by atoms with Crippen molar-refractivity contribution in [3.63, 3.8) is 0 Å². The molecule has 0 aliphatic heterocycles. The van der Waals surface area contributed by atoms with E-state index in [1.807, 2.05) is 27.7 Å². The van der Waals surface area contributed by atoms with Gasteiger partial charge in [0.15, 0.2) is 23.0 Å². The van der Waals surface area contributed by atoms with E-state index in [1.165, 1.54) is 13.0 Å². The van der Waals surface area contributed by atoms with Crippen molar-refractivity contribution in [3.8, 4) is 0 Å². The number of halogens is 3.